The molecular formula is C17H18N4O4. The van der Waals surface area contributed by atoms with Gasteiger partial charge in [-0.25, -0.2) is 4.79 Å². The van der Waals surface area contributed by atoms with Crippen LogP contribution < -0.4 is 10.2 Å². The van der Waals surface area contributed by atoms with E-state index in [1.54, 1.807) is 32.0 Å². The SMILES string of the molecule is Cc1ccc(N2C(=O)N(CC(=O)Nc3cc(C)on3)C(=O)C2C)cc1. The predicted octanol–water partition coefficient (Wildman–Crippen LogP) is 2.09. The molecular weight excluding hydrogens is 324 g/mol. The molecule has 1 saturated heterocycles. The molecule has 1 aliphatic rings. The van der Waals surface area contributed by atoms with Gasteiger partial charge >= 0.3 is 6.03 Å². The number of aromatic nitrogens is 1. The maximum Gasteiger partial charge on any atom is 0.332 e. The van der Waals surface area contributed by atoms with Crippen LogP contribution in [0.2, 0.25) is 0 Å². The highest BCUT2D eigenvalue weighted by molar-refractivity contribution is 6.16. The molecule has 1 N–H and O–H groups in total. The summed E-state index contributed by atoms with van der Waals surface area (Å²) in [5, 5.41) is 6.15. The van der Waals surface area contributed by atoms with E-state index in [4.69, 9.17) is 4.52 Å². The van der Waals surface area contributed by atoms with E-state index in [1.165, 1.54) is 4.90 Å². The molecule has 2 aromatic rings. The van der Waals surface area contributed by atoms with E-state index in [9.17, 15) is 14.4 Å². The van der Waals surface area contributed by atoms with E-state index in [-0.39, 0.29) is 12.4 Å². The third-order valence-corrected chi connectivity index (χ3v) is 3.96. The quantitative estimate of drug-likeness (QED) is 0.858. The fourth-order valence-corrected chi connectivity index (χ4v) is 2.66. The van der Waals surface area contributed by atoms with Gasteiger partial charge in [0.2, 0.25) is 5.91 Å². The number of hydrogen-bond acceptors (Lipinski definition) is 5. The average Bonchev–Trinajstić information content (AvgIpc) is 3.06. The van der Waals surface area contributed by atoms with Gasteiger partial charge in [0.15, 0.2) is 5.82 Å². The molecule has 1 aromatic carbocycles. The molecule has 0 aliphatic carbocycles. The highest BCUT2D eigenvalue weighted by atomic mass is 16.5. The minimum atomic E-state index is -0.669. The maximum absolute atomic E-state index is 12.6. The zero-order valence-electron chi connectivity index (χ0n) is 14.1. The third-order valence-electron chi connectivity index (χ3n) is 3.96. The Morgan fingerprint density at radius 2 is 1.92 bits per heavy atom. The van der Waals surface area contributed by atoms with Crippen LogP contribution in [0.5, 0.6) is 0 Å². The van der Waals surface area contributed by atoms with Gasteiger partial charge in [-0.3, -0.25) is 19.4 Å². The molecule has 25 heavy (non-hydrogen) atoms. The first-order valence-corrected chi connectivity index (χ1v) is 7.81. The van der Waals surface area contributed by atoms with Gasteiger partial charge in [-0.05, 0) is 32.9 Å². The van der Waals surface area contributed by atoms with Gasteiger partial charge in [-0.15, -0.1) is 0 Å². The van der Waals surface area contributed by atoms with E-state index in [1.807, 2.05) is 19.1 Å². The summed E-state index contributed by atoms with van der Waals surface area (Å²) in [4.78, 5) is 39.5. The number of carbonyl (C=O) groups is 3. The largest absolute Gasteiger partial charge is 0.360 e. The lowest BCUT2D eigenvalue weighted by Gasteiger charge is -2.19. The summed E-state index contributed by atoms with van der Waals surface area (Å²) in [5.41, 5.74) is 1.67. The number of amides is 4. The van der Waals surface area contributed by atoms with Crippen LogP contribution in [0.3, 0.4) is 0 Å². The first-order chi connectivity index (χ1) is 11.9. The number of nitrogens with one attached hydrogen (secondary N) is 1. The highest BCUT2D eigenvalue weighted by Gasteiger charge is 2.44. The Kier molecular flexibility index (Phi) is 4.26. The van der Waals surface area contributed by atoms with Crippen LogP contribution in [-0.4, -0.2) is 40.5 Å². The predicted molar refractivity (Wildman–Crippen MR) is 90.1 cm³/mol. The van der Waals surface area contributed by atoms with Crippen LogP contribution in [0.4, 0.5) is 16.3 Å². The van der Waals surface area contributed by atoms with Gasteiger partial charge in [0.05, 0.1) is 0 Å². The molecule has 8 nitrogen and oxygen atoms in total. The van der Waals surface area contributed by atoms with Gasteiger partial charge in [-0.2, -0.15) is 0 Å². The van der Waals surface area contributed by atoms with Crippen molar-refractivity contribution in [3.8, 4) is 0 Å². The second kappa shape index (κ2) is 6.39. The standard InChI is InChI=1S/C17H18N4O4/c1-10-4-6-13(7-5-10)21-12(3)16(23)20(17(21)24)9-15(22)18-14-8-11(2)25-19-14/h4-8,12H,9H2,1-3H3,(H,18,19,22). The molecule has 130 valence electrons. The second-order valence-electron chi connectivity index (χ2n) is 5.96. The number of rotatable bonds is 4. The third kappa shape index (κ3) is 3.23. The number of nitrogens with zero attached hydrogens (tertiary/aromatic N) is 3. The summed E-state index contributed by atoms with van der Waals surface area (Å²) in [6.07, 6.45) is 0. The zero-order chi connectivity index (χ0) is 18.1. The molecule has 0 saturated carbocycles. The van der Waals surface area contributed by atoms with Crippen molar-refractivity contribution in [3.05, 3.63) is 41.7 Å². The van der Waals surface area contributed by atoms with Crippen LogP contribution >= 0.6 is 0 Å². The smallest absolute Gasteiger partial charge is 0.332 e. The van der Waals surface area contributed by atoms with E-state index in [2.05, 4.69) is 10.5 Å². The Morgan fingerprint density at radius 1 is 1.24 bits per heavy atom. The van der Waals surface area contributed by atoms with E-state index in [0.717, 1.165) is 10.5 Å². The number of urea groups is 1. The molecule has 8 heteroatoms. The van der Waals surface area contributed by atoms with Crippen LogP contribution in [0.25, 0.3) is 0 Å². The molecule has 2 heterocycles. The number of carbonyl (C=O) groups excluding carboxylic acids is 3. The first kappa shape index (κ1) is 16.7. The Hall–Kier alpha value is -3.16. The minimum absolute atomic E-state index is 0.241. The summed E-state index contributed by atoms with van der Waals surface area (Å²) in [7, 11) is 0. The summed E-state index contributed by atoms with van der Waals surface area (Å²) >= 11 is 0. The Morgan fingerprint density at radius 3 is 2.52 bits per heavy atom. The molecule has 3 rings (SSSR count). The van der Waals surface area contributed by atoms with Crippen molar-refractivity contribution in [2.24, 2.45) is 0 Å². The maximum atomic E-state index is 12.6. The van der Waals surface area contributed by atoms with E-state index >= 15 is 0 Å². The van der Waals surface area contributed by atoms with Crippen LogP contribution in [0.1, 0.15) is 18.2 Å². The van der Waals surface area contributed by atoms with Crippen molar-refractivity contribution in [3.63, 3.8) is 0 Å². The summed E-state index contributed by atoms with van der Waals surface area (Å²) in [6, 6.07) is 7.64. The normalized spacial score (nSPS) is 17.3. The van der Waals surface area contributed by atoms with Crippen molar-refractivity contribution in [1.29, 1.82) is 0 Å². The number of anilines is 2. The molecule has 1 aliphatic heterocycles. The molecule has 1 aromatic heterocycles. The van der Waals surface area contributed by atoms with Crippen molar-refractivity contribution >= 4 is 29.4 Å². The fourth-order valence-electron chi connectivity index (χ4n) is 2.66. The topological polar surface area (TPSA) is 95.8 Å². The monoisotopic (exact) mass is 342 g/mol. The summed E-state index contributed by atoms with van der Waals surface area (Å²) in [5.74, 6) is -0.155. The molecule has 4 amide bonds. The Balaban J connectivity index is 1.73. The lowest BCUT2D eigenvalue weighted by molar-refractivity contribution is -0.130. The Labute approximate surface area is 144 Å². The second-order valence-corrected chi connectivity index (χ2v) is 5.96. The van der Waals surface area contributed by atoms with E-state index < -0.39 is 23.9 Å². The molecule has 1 atom stereocenters. The lowest BCUT2D eigenvalue weighted by atomic mass is 10.2. The van der Waals surface area contributed by atoms with Gasteiger partial charge < -0.3 is 9.84 Å². The van der Waals surface area contributed by atoms with Crippen molar-refractivity contribution in [2.45, 2.75) is 26.8 Å². The van der Waals surface area contributed by atoms with Crippen LogP contribution in [0, 0.1) is 13.8 Å². The fraction of sp³-hybridized carbons (Fsp3) is 0.294. The molecule has 1 unspecified atom stereocenters. The molecule has 0 bridgehead atoms. The first-order valence-electron chi connectivity index (χ1n) is 7.81. The van der Waals surface area contributed by atoms with Crippen molar-refractivity contribution in [1.82, 2.24) is 10.1 Å². The zero-order valence-corrected chi connectivity index (χ0v) is 14.1. The van der Waals surface area contributed by atoms with Crippen molar-refractivity contribution in [2.75, 3.05) is 16.8 Å². The summed E-state index contributed by atoms with van der Waals surface area (Å²) < 4.78 is 4.86. The average molecular weight is 342 g/mol. The van der Waals surface area contributed by atoms with Gasteiger partial charge in [0.1, 0.15) is 18.3 Å². The number of benzene rings is 1. The lowest BCUT2D eigenvalue weighted by Crippen LogP contribution is -2.39. The molecule has 0 spiro atoms. The van der Waals surface area contributed by atoms with E-state index in [0.29, 0.717) is 11.4 Å². The van der Waals surface area contributed by atoms with Crippen molar-refractivity contribution < 1.29 is 18.9 Å². The minimum Gasteiger partial charge on any atom is -0.360 e. The number of aryl methyl sites for hydroxylation is 2. The highest BCUT2D eigenvalue weighted by Crippen LogP contribution is 2.26. The van der Waals surface area contributed by atoms with Gasteiger partial charge in [-0.1, -0.05) is 22.9 Å². The number of hydrogen-bond donors (Lipinski definition) is 1. The summed E-state index contributed by atoms with van der Waals surface area (Å²) in [6.45, 7) is 4.89. The Bertz CT molecular complexity index is 827. The van der Waals surface area contributed by atoms with Gasteiger partial charge in [0.25, 0.3) is 5.91 Å². The van der Waals surface area contributed by atoms with Gasteiger partial charge in [0, 0.05) is 11.8 Å². The molecule has 1 fully saturated rings. The van der Waals surface area contributed by atoms with Crippen LogP contribution in [-0.2, 0) is 9.59 Å². The van der Waals surface area contributed by atoms with Crippen LogP contribution in [0.15, 0.2) is 34.9 Å². The number of imide groups is 1. The molecule has 0 radical (unpaired) electrons.